The van der Waals surface area contributed by atoms with Gasteiger partial charge in [0.25, 0.3) is 5.91 Å². The van der Waals surface area contributed by atoms with Gasteiger partial charge in [0.2, 0.25) is 0 Å². The molecule has 2 N–H and O–H groups in total. The van der Waals surface area contributed by atoms with Crippen molar-refractivity contribution in [1.82, 2.24) is 15.3 Å². The Hall–Kier alpha value is -2.58. The molecule has 10 heteroatoms. The fourth-order valence-corrected chi connectivity index (χ4v) is 3.01. The summed E-state index contributed by atoms with van der Waals surface area (Å²) in [5.41, 5.74) is 0.279. The molecular formula is C19H21Cl2N3O5. The molecule has 0 aliphatic rings. The third-order valence-electron chi connectivity index (χ3n) is 4.30. The molecule has 2 rings (SSSR count). The van der Waals surface area contributed by atoms with Crippen LogP contribution in [0.25, 0.3) is 0 Å². The molecule has 156 valence electrons. The van der Waals surface area contributed by atoms with E-state index in [2.05, 4.69) is 15.3 Å². The maximum Gasteiger partial charge on any atom is 0.328 e. The third kappa shape index (κ3) is 5.48. The van der Waals surface area contributed by atoms with Crippen molar-refractivity contribution in [3.63, 3.8) is 0 Å². The lowest BCUT2D eigenvalue weighted by Gasteiger charge is -2.23. The molecule has 0 unspecified atom stereocenters. The van der Waals surface area contributed by atoms with Crippen LogP contribution in [0.15, 0.2) is 24.5 Å². The predicted molar refractivity (Wildman–Crippen MR) is 108 cm³/mol. The number of hydrogen-bond donors (Lipinski definition) is 2. The van der Waals surface area contributed by atoms with Gasteiger partial charge in [-0.05, 0) is 19.9 Å². The Morgan fingerprint density at radius 1 is 1.21 bits per heavy atom. The first kappa shape index (κ1) is 22.7. The zero-order valence-corrected chi connectivity index (χ0v) is 17.8. The molecule has 2 heterocycles. The summed E-state index contributed by atoms with van der Waals surface area (Å²) in [5.74, 6) is -2.04. The van der Waals surface area contributed by atoms with Crippen molar-refractivity contribution in [2.45, 2.75) is 38.8 Å². The average Bonchev–Trinajstić information content (AvgIpc) is 2.67. The van der Waals surface area contributed by atoms with Crippen LogP contribution in [0.4, 0.5) is 0 Å². The molecule has 0 radical (unpaired) electrons. The van der Waals surface area contributed by atoms with Gasteiger partial charge in [-0.25, -0.2) is 9.78 Å². The molecule has 3 atom stereocenters. The van der Waals surface area contributed by atoms with E-state index >= 15 is 0 Å². The minimum atomic E-state index is -0.988. The van der Waals surface area contributed by atoms with Crippen molar-refractivity contribution in [3.05, 3.63) is 46.0 Å². The van der Waals surface area contributed by atoms with E-state index in [9.17, 15) is 14.7 Å². The summed E-state index contributed by atoms with van der Waals surface area (Å²) in [7, 11) is 1.35. The molecule has 1 amide bonds. The summed E-state index contributed by atoms with van der Waals surface area (Å²) in [4.78, 5) is 32.7. The minimum absolute atomic E-state index is 0.0927. The van der Waals surface area contributed by atoms with Crippen LogP contribution in [0, 0.1) is 0 Å². The number of pyridine rings is 2. The zero-order valence-electron chi connectivity index (χ0n) is 16.3. The highest BCUT2D eigenvalue weighted by atomic mass is 35.5. The van der Waals surface area contributed by atoms with Crippen molar-refractivity contribution >= 4 is 35.1 Å². The largest absolute Gasteiger partial charge is 0.503 e. The summed E-state index contributed by atoms with van der Waals surface area (Å²) in [6.45, 7) is 4.96. The van der Waals surface area contributed by atoms with Gasteiger partial charge in [-0.1, -0.05) is 30.1 Å². The first-order valence-corrected chi connectivity index (χ1v) is 9.45. The van der Waals surface area contributed by atoms with Gasteiger partial charge in [0, 0.05) is 24.4 Å². The van der Waals surface area contributed by atoms with Crippen LogP contribution in [0.5, 0.6) is 11.5 Å². The van der Waals surface area contributed by atoms with Gasteiger partial charge < -0.3 is 19.9 Å². The van der Waals surface area contributed by atoms with Gasteiger partial charge in [-0.3, -0.25) is 9.78 Å². The lowest BCUT2D eigenvalue weighted by Crippen LogP contribution is -2.41. The summed E-state index contributed by atoms with van der Waals surface area (Å²) >= 11 is 12.0. The number of esters is 1. The van der Waals surface area contributed by atoms with Crippen molar-refractivity contribution in [2.75, 3.05) is 7.11 Å². The monoisotopic (exact) mass is 441 g/mol. The molecule has 0 fully saturated rings. The van der Waals surface area contributed by atoms with Crippen LogP contribution in [0.1, 0.15) is 42.9 Å². The van der Waals surface area contributed by atoms with E-state index < -0.39 is 29.8 Å². The number of methoxy groups -OCH3 is 1. The lowest BCUT2D eigenvalue weighted by atomic mass is 10.0. The quantitative estimate of drug-likeness (QED) is 0.633. The Bertz CT molecular complexity index is 909. The van der Waals surface area contributed by atoms with Crippen molar-refractivity contribution in [3.8, 4) is 11.5 Å². The molecule has 0 aliphatic heterocycles. The van der Waals surface area contributed by atoms with Crippen molar-refractivity contribution in [2.24, 2.45) is 0 Å². The summed E-state index contributed by atoms with van der Waals surface area (Å²) < 4.78 is 10.4. The molecule has 0 aliphatic carbocycles. The van der Waals surface area contributed by atoms with E-state index in [0.29, 0.717) is 15.7 Å². The summed E-state index contributed by atoms with van der Waals surface area (Å²) in [5, 5.41) is 13.2. The first-order chi connectivity index (χ1) is 13.6. The first-order valence-electron chi connectivity index (χ1n) is 8.70. The van der Waals surface area contributed by atoms with Gasteiger partial charge in [0.05, 0.1) is 22.8 Å². The Kier molecular flexibility index (Phi) is 7.64. The predicted octanol–water partition coefficient (Wildman–Crippen LogP) is 3.35. The van der Waals surface area contributed by atoms with Gasteiger partial charge in [0.15, 0.2) is 17.2 Å². The number of rotatable bonds is 7. The Labute approximate surface area is 178 Å². The number of nitrogens with zero attached hydrogens (tertiary/aromatic N) is 2. The number of amides is 1. The van der Waals surface area contributed by atoms with Crippen LogP contribution < -0.4 is 10.1 Å². The number of aromatic nitrogens is 2. The molecule has 0 saturated heterocycles. The van der Waals surface area contributed by atoms with Crippen LogP contribution in [0.3, 0.4) is 0 Å². The van der Waals surface area contributed by atoms with E-state index in [1.54, 1.807) is 13.0 Å². The van der Waals surface area contributed by atoms with E-state index in [1.165, 1.54) is 32.5 Å². The van der Waals surface area contributed by atoms with Crippen LogP contribution in [0.2, 0.25) is 10.0 Å². The fourth-order valence-electron chi connectivity index (χ4n) is 2.46. The normalized spacial score (nSPS) is 13.9. The number of hydrogen-bond acceptors (Lipinski definition) is 7. The SMILES string of the molecule is COc1ccnc(C(=O)N[C@@H](C)C(=O)O[C@@H](C)[C@@H](C)c2ncc(Cl)cc2Cl)c1O. The standard InChI is InChI=1S/C19H21Cl2N3O5/c1-9(15-13(21)7-12(20)8-23-15)11(3)29-19(27)10(2)24-18(26)16-17(25)14(28-4)5-6-22-16/h5-11,25H,1-4H3,(H,24,26)/t9-,10+,11+/m1/s1. The number of carbonyl (C=O) groups excluding carboxylic acids is 2. The molecule has 0 spiro atoms. The van der Waals surface area contributed by atoms with Crippen LogP contribution in [-0.2, 0) is 9.53 Å². The van der Waals surface area contributed by atoms with Gasteiger partial charge in [0.1, 0.15) is 12.1 Å². The van der Waals surface area contributed by atoms with E-state index in [4.69, 9.17) is 32.7 Å². The average molecular weight is 442 g/mol. The highest BCUT2D eigenvalue weighted by Crippen LogP contribution is 2.29. The number of halogens is 2. The third-order valence-corrected chi connectivity index (χ3v) is 4.81. The van der Waals surface area contributed by atoms with Crippen LogP contribution in [-0.4, -0.2) is 46.2 Å². The second kappa shape index (κ2) is 9.76. The molecular weight excluding hydrogens is 421 g/mol. The Morgan fingerprint density at radius 2 is 1.90 bits per heavy atom. The molecule has 8 nitrogen and oxygen atoms in total. The Morgan fingerprint density at radius 3 is 2.52 bits per heavy atom. The fraction of sp³-hybridized carbons (Fsp3) is 0.368. The number of aromatic hydroxyl groups is 1. The Balaban J connectivity index is 2.02. The van der Waals surface area contributed by atoms with Crippen LogP contribution >= 0.6 is 23.2 Å². The minimum Gasteiger partial charge on any atom is -0.503 e. The van der Waals surface area contributed by atoms with E-state index in [1.807, 2.05) is 6.92 Å². The number of nitrogens with one attached hydrogen (secondary N) is 1. The smallest absolute Gasteiger partial charge is 0.328 e. The van der Waals surface area contributed by atoms with E-state index in [-0.39, 0.29) is 17.4 Å². The molecule has 2 aromatic heterocycles. The molecule has 29 heavy (non-hydrogen) atoms. The summed E-state index contributed by atoms with van der Waals surface area (Å²) in [6, 6.07) is 1.98. The molecule has 0 aromatic carbocycles. The second-order valence-corrected chi connectivity index (χ2v) is 7.20. The second-order valence-electron chi connectivity index (χ2n) is 6.36. The van der Waals surface area contributed by atoms with E-state index in [0.717, 1.165) is 0 Å². The van der Waals surface area contributed by atoms with Crippen molar-refractivity contribution < 1.29 is 24.2 Å². The maximum atomic E-state index is 12.4. The lowest BCUT2D eigenvalue weighted by molar-refractivity contribution is -0.151. The number of ether oxygens (including phenoxy) is 2. The highest BCUT2D eigenvalue weighted by Gasteiger charge is 2.27. The topological polar surface area (TPSA) is 111 Å². The van der Waals surface area contributed by atoms with Crippen molar-refractivity contribution in [1.29, 1.82) is 0 Å². The van der Waals surface area contributed by atoms with Gasteiger partial charge >= 0.3 is 5.97 Å². The molecule has 2 aromatic rings. The van der Waals surface area contributed by atoms with Gasteiger partial charge in [-0.15, -0.1) is 0 Å². The summed E-state index contributed by atoms with van der Waals surface area (Å²) in [6.07, 6.45) is 2.20. The maximum absolute atomic E-state index is 12.4. The molecule has 0 saturated carbocycles. The zero-order chi connectivity index (χ0) is 21.7. The number of carbonyl (C=O) groups is 2. The van der Waals surface area contributed by atoms with Gasteiger partial charge in [-0.2, -0.15) is 0 Å². The molecule has 0 bridgehead atoms. The highest BCUT2D eigenvalue weighted by molar-refractivity contribution is 6.34.